The second kappa shape index (κ2) is 11.2. The number of hydrogen-bond acceptors (Lipinski definition) is 6. The van der Waals surface area contributed by atoms with E-state index in [-0.39, 0.29) is 11.5 Å². The summed E-state index contributed by atoms with van der Waals surface area (Å²) in [6.45, 7) is 0.324. The zero-order chi connectivity index (χ0) is 23.6. The molecule has 166 valence electrons. The first-order valence-electron chi connectivity index (χ1n) is 9.99. The smallest absolute Gasteiger partial charge is 0.337 e. The van der Waals surface area contributed by atoms with Gasteiger partial charge in [-0.1, -0.05) is 24.3 Å². The van der Waals surface area contributed by atoms with Crippen molar-refractivity contribution in [1.29, 1.82) is 5.26 Å². The van der Waals surface area contributed by atoms with Crippen LogP contribution in [-0.4, -0.2) is 26.1 Å². The minimum Gasteiger partial charge on any atom is -0.497 e. The molecule has 1 N–H and O–H groups in total. The minimum atomic E-state index is -0.501. The van der Waals surface area contributed by atoms with E-state index >= 15 is 0 Å². The third kappa shape index (κ3) is 6.45. The lowest BCUT2D eigenvalue weighted by molar-refractivity contribution is -0.112. The van der Waals surface area contributed by atoms with Crippen LogP contribution in [0.4, 0.5) is 5.69 Å². The van der Waals surface area contributed by atoms with Crippen molar-refractivity contribution in [3.05, 3.63) is 95.1 Å². The highest BCUT2D eigenvalue weighted by Gasteiger charge is 2.10. The van der Waals surface area contributed by atoms with Crippen LogP contribution < -0.4 is 14.8 Å². The summed E-state index contributed by atoms with van der Waals surface area (Å²) in [4.78, 5) is 23.9. The Balaban J connectivity index is 1.60. The van der Waals surface area contributed by atoms with Gasteiger partial charge in [0.2, 0.25) is 0 Å². The van der Waals surface area contributed by atoms with Crippen LogP contribution in [0.1, 0.15) is 21.5 Å². The molecule has 0 unspecified atom stereocenters. The van der Waals surface area contributed by atoms with E-state index in [0.717, 1.165) is 5.56 Å². The lowest BCUT2D eigenvalue weighted by Crippen LogP contribution is -2.13. The molecule has 3 rings (SSSR count). The number of hydrogen-bond donors (Lipinski definition) is 1. The number of nitrogens with zero attached hydrogens (tertiary/aromatic N) is 1. The maximum atomic E-state index is 12.4. The topological polar surface area (TPSA) is 97.7 Å². The van der Waals surface area contributed by atoms with Crippen molar-refractivity contribution >= 4 is 23.6 Å². The number of benzene rings is 3. The van der Waals surface area contributed by atoms with Gasteiger partial charge in [0.05, 0.1) is 19.8 Å². The molecule has 7 heteroatoms. The summed E-state index contributed by atoms with van der Waals surface area (Å²) in [6, 6.07) is 22.7. The average Bonchev–Trinajstić information content (AvgIpc) is 2.87. The summed E-state index contributed by atoms with van der Waals surface area (Å²) in [5, 5.41) is 12.1. The first kappa shape index (κ1) is 23.1. The molecule has 0 saturated carbocycles. The Kier molecular flexibility index (Phi) is 7.81. The van der Waals surface area contributed by atoms with Gasteiger partial charge in [-0.05, 0) is 65.7 Å². The third-order valence-electron chi connectivity index (χ3n) is 4.68. The van der Waals surface area contributed by atoms with Gasteiger partial charge in [-0.3, -0.25) is 4.79 Å². The number of nitriles is 1. The Morgan fingerprint density at radius 1 is 0.909 bits per heavy atom. The van der Waals surface area contributed by atoms with Crippen molar-refractivity contribution in [3.63, 3.8) is 0 Å². The van der Waals surface area contributed by atoms with Crippen LogP contribution in [0.15, 0.2) is 78.4 Å². The molecule has 0 aliphatic heterocycles. The van der Waals surface area contributed by atoms with Gasteiger partial charge in [0.15, 0.2) is 0 Å². The maximum Gasteiger partial charge on any atom is 0.337 e. The first-order chi connectivity index (χ1) is 16.0. The van der Waals surface area contributed by atoms with Gasteiger partial charge in [0.25, 0.3) is 5.91 Å². The molecular weight excluding hydrogens is 420 g/mol. The minimum absolute atomic E-state index is 0.0230. The predicted molar refractivity (Wildman–Crippen MR) is 124 cm³/mol. The monoisotopic (exact) mass is 442 g/mol. The number of carbonyl (C=O) groups is 2. The summed E-state index contributed by atoms with van der Waals surface area (Å²) in [7, 11) is 2.90. The molecule has 0 aliphatic carbocycles. The van der Waals surface area contributed by atoms with Crippen molar-refractivity contribution in [2.45, 2.75) is 6.61 Å². The summed E-state index contributed by atoms with van der Waals surface area (Å²) >= 11 is 0. The Labute approximate surface area is 191 Å². The number of esters is 1. The zero-order valence-corrected chi connectivity index (χ0v) is 18.2. The zero-order valence-electron chi connectivity index (χ0n) is 18.2. The molecule has 0 heterocycles. The summed E-state index contributed by atoms with van der Waals surface area (Å²) in [5.74, 6) is 0.411. The molecule has 0 radical (unpaired) electrons. The van der Waals surface area contributed by atoms with E-state index in [0.29, 0.717) is 34.9 Å². The Morgan fingerprint density at radius 2 is 1.55 bits per heavy atom. The summed E-state index contributed by atoms with van der Waals surface area (Å²) in [5.41, 5.74) is 2.59. The Hall–Kier alpha value is -4.57. The average molecular weight is 442 g/mol. The van der Waals surface area contributed by atoms with Gasteiger partial charge in [-0.25, -0.2) is 4.79 Å². The van der Waals surface area contributed by atoms with E-state index in [2.05, 4.69) is 10.1 Å². The fourth-order valence-corrected chi connectivity index (χ4v) is 2.87. The predicted octanol–water partition coefficient (Wildman–Crippen LogP) is 4.61. The molecule has 7 nitrogen and oxygen atoms in total. The van der Waals surface area contributed by atoms with E-state index in [4.69, 9.17) is 9.47 Å². The van der Waals surface area contributed by atoms with Gasteiger partial charge in [0, 0.05) is 5.69 Å². The number of nitrogens with one attached hydrogen (secondary N) is 1. The van der Waals surface area contributed by atoms with Crippen LogP contribution in [0, 0.1) is 11.3 Å². The Morgan fingerprint density at radius 3 is 2.12 bits per heavy atom. The van der Waals surface area contributed by atoms with Gasteiger partial charge in [-0.15, -0.1) is 0 Å². The van der Waals surface area contributed by atoms with Crippen LogP contribution in [0.2, 0.25) is 0 Å². The lowest BCUT2D eigenvalue weighted by atomic mass is 10.1. The van der Waals surface area contributed by atoms with E-state index < -0.39 is 5.91 Å². The third-order valence-corrected chi connectivity index (χ3v) is 4.68. The first-order valence-corrected chi connectivity index (χ1v) is 9.99. The Bertz CT molecular complexity index is 1180. The molecule has 3 aromatic rings. The van der Waals surface area contributed by atoms with Gasteiger partial charge >= 0.3 is 5.97 Å². The van der Waals surface area contributed by atoms with E-state index in [1.807, 2.05) is 6.07 Å². The van der Waals surface area contributed by atoms with Crippen molar-refractivity contribution in [3.8, 4) is 17.6 Å². The highest BCUT2D eigenvalue weighted by molar-refractivity contribution is 6.09. The van der Waals surface area contributed by atoms with E-state index in [1.54, 1.807) is 79.9 Å². The second-order valence-corrected chi connectivity index (χ2v) is 6.90. The largest absolute Gasteiger partial charge is 0.497 e. The van der Waals surface area contributed by atoms with Crippen LogP contribution in [0.5, 0.6) is 11.5 Å². The molecule has 0 atom stereocenters. The lowest BCUT2D eigenvalue weighted by Gasteiger charge is -2.08. The maximum absolute atomic E-state index is 12.4. The van der Waals surface area contributed by atoms with Gasteiger partial charge in [0.1, 0.15) is 29.7 Å². The number of carbonyl (C=O) groups excluding carboxylic acids is 2. The standard InChI is InChI=1S/C26H22N2O5/c1-31-23-13-9-22(10-14-23)28-25(29)21(16-27)15-18-5-11-24(12-6-18)33-17-19-3-7-20(8-4-19)26(30)32-2/h3-15H,17H2,1-2H3,(H,28,29)/b21-15+. The van der Waals surface area contributed by atoms with Crippen molar-refractivity contribution < 1.29 is 23.8 Å². The molecular formula is C26H22N2O5. The van der Waals surface area contributed by atoms with Crippen molar-refractivity contribution in [2.75, 3.05) is 19.5 Å². The van der Waals surface area contributed by atoms with Crippen LogP contribution in [0.3, 0.4) is 0 Å². The summed E-state index contributed by atoms with van der Waals surface area (Å²) in [6.07, 6.45) is 1.51. The SMILES string of the molecule is COC(=O)c1ccc(COc2ccc(/C=C(\C#N)C(=O)Nc3ccc(OC)cc3)cc2)cc1. The van der Waals surface area contributed by atoms with E-state index in [1.165, 1.54) is 13.2 Å². The summed E-state index contributed by atoms with van der Waals surface area (Å²) < 4.78 is 15.5. The van der Waals surface area contributed by atoms with Gasteiger partial charge in [-0.2, -0.15) is 5.26 Å². The normalized spacial score (nSPS) is 10.6. The van der Waals surface area contributed by atoms with Gasteiger partial charge < -0.3 is 19.5 Å². The highest BCUT2D eigenvalue weighted by Crippen LogP contribution is 2.18. The quantitative estimate of drug-likeness (QED) is 0.311. The highest BCUT2D eigenvalue weighted by atomic mass is 16.5. The molecule has 33 heavy (non-hydrogen) atoms. The van der Waals surface area contributed by atoms with Crippen LogP contribution in [0.25, 0.3) is 6.08 Å². The molecule has 0 saturated heterocycles. The second-order valence-electron chi connectivity index (χ2n) is 6.90. The number of methoxy groups -OCH3 is 2. The van der Waals surface area contributed by atoms with Crippen LogP contribution in [-0.2, 0) is 16.1 Å². The molecule has 1 amide bonds. The van der Waals surface area contributed by atoms with Crippen LogP contribution >= 0.6 is 0 Å². The number of amides is 1. The van der Waals surface area contributed by atoms with Crippen molar-refractivity contribution in [1.82, 2.24) is 0 Å². The fourth-order valence-electron chi connectivity index (χ4n) is 2.87. The molecule has 0 aromatic heterocycles. The molecule has 0 bridgehead atoms. The fraction of sp³-hybridized carbons (Fsp3) is 0.115. The number of anilines is 1. The molecule has 3 aromatic carbocycles. The van der Waals surface area contributed by atoms with Crippen molar-refractivity contribution in [2.24, 2.45) is 0 Å². The molecule has 0 fully saturated rings. The molecule has 0 aliphatic rings. The molecule has 0 spiro atoms. The number of rotatable bonds is 8. The van der Waals surface area contributed by atoms with E-state index in [9.17, 15) is 14.9 Å². The number of ether oxygens (including phenoxy) is 3.